The molecule has 0 bridgehead atoms. The number of aromatic nitrogens is 5. The van der Waals surface area contributed by atoms with Gasteiger partial charge in [0.1, 0.15) is 0 Å². The summed E-state index contributed by atoms with van der Waals surface area (Å²) in [5, 5.41) is 11.7. The lowest BCUT2D eigenvalue weighted by Crippen LogP contribution is -2.31. The van der Waals surface area contributed by atoms with Gasteiger partial charge in [-0.3, -0.25) is 19.7 Å². The van der Waals surface area contributed by atoms with E-state index >= 15 is 0 Å². The van der Waals surface area contributed by atoms with Crippen LogP contribution in [0, 0.1) is 0 Å². The number of carbonyl (C=O) groups excluding carboxylic acids is 1. The highest BCUT2D eigenvalue weighted by atomic mass is 16.5. The molecular formula is C21H26N6O2. The molecule has 1 aliphatic heterocycles. The van der Waals surface area contributed by atoms with Crippen LogP contribution in [-0.4, -0.2) is 49.0 Å². The average Bonchev–Trinajstić information content (AvgIpc) is 3.37. The van der Waals surface area contributed by atoms with Gasteiger partial charge in [-0.05, 0) is 37.5 Å². The maximum absolute atomic E-state index is 12.5. The van der Waals surface area contributed by atoms with Gasteiger partial charge in [0.25, 0.3) is 0 Å². The van der Waals surface area contributed by atoms with Crippen LogP contribution in [0.15, 0.2) is 36.8 Å². The van der Waals surface area contributed by atoms with Crippen molar-refractivity contribution in [2.24, 2.45) is 0 Å². The smallest absolute Gasteiger partial charge is 0.359 e. The molecule has 1 N–H and O–H groups in total. The van der Waals surface area contributed by atoms with Gasteiger partial charge in [0.15, 0.2) is 5.69 Å². The summed E-state index contributed by atoms with van der Waals surface area (Å²) >= 11 is 0. The van der Waals surface area contributed by atoms with Crippen LogP contribution in [0.3, 0.4) is 0 Å². The molecule has 0 radical (unpaired) electrons. The Balaban J connectivity index is 1.50. The van der Waals surface area contributed by atoms with Crippen molar-refractivity contribution in [3.63, 3.8) is 0 Å². The number of nitrogens with zero attached hydrogens (tertiary/aromatic N) is 5. The van der Waals surface area contributed by atoms with Crippen LogP contribution in [0.5, 0.6) is 0 Å². The number of carbonyl (C=O) groups is 1. The molecule has 4 rings (SSSR count). The molecule has 4 heterocycles. The van der Waals surface area contributed by atoms with Gasteiger partial charge in [0.05, 0.1) is 6.61 Å². The molecule has 8 nitrogen and oxygen atoms in total. The predicted octanol–water partition coefficient (Wildman–Crippen LogP) is 2.37. The summed E-state index contributed by atoms with van der Waals surface area (Å²) in [5.74, 6) is -0.335. The van der Waals surface area contributed by atoms with Crippen molar-refractivity contribution in [3.8, 4) is 0 Å². The number of esters is 1. The molecule has 3 aromatic heterocycles. The summed E-state index contributed by atoms with van der Waals surface area (Å²) in [4.78, 5) is 19.0. The van der Waals surface area contributed by atoms with E-state index in [-0.39, 0.29) is 5.97 Å². The SMILES string of the molecule is CCOC(=O)c1nn(CCCc2cccnc2)c2c1CN(Cc1ccn[nH]1)CC2. The zero-order valence-corrected chi connectivity index (χ0v) is 16.7. The van der Waals surface area contributed by atoms with Gasteiger partial charge in [-0.1, -0.05) is 6.07 Å². The number of aromatic amines is 1. The van der Waals surface area contributed by atoms with Crippen molar-refractivity contribution < 1.29 is 9.53 Å². The molecule has 8 heteroatoms. The van der Waals surface area contributed by atoms with Gasteiger partial charge in [-0.2, -0.15) is 10.2 Å². The highest BCUT2D eigenvalue weighted by Crippen LogP contribution is 2.25. The lowest BCUT2D eigenvalue weighted by atomic mass is 10.0. The second-order valence-corrected chi connectivity index (χ2v) is 7.22. The number of nitrogens with one attached hydrogen (secondary N) is 1. The van der Waals surface area contributed by atoms with Crippen LogP contribution in [0.4, 0.5) is 0 Å². The number of H-pyrrole nitrogens is 1. The third kappa shape index (κ3) is 4.54. The van der Waals surface area contributed by atoms with Gasteiger partial charge >= 0.3 is 5.97 Å². The molecule has 0 amide bonds. The van der Waals surface area contributed by atoms with Crippen LogP contribution in [0.25, 0.3) is 0 Å². The Bertz CT molecular complexity index is 936. The van der Waals surface area contributed by atoms with Crippen molar-refractivity contribution in [1.82, 2.24) is 29.9 Å². The number of fused-ring (bicyclic) bond motifs is 1. The average molecular weight is 394 g/mol. The molecule has 0 aliphatic carbocycles. The second-order valence-electron chi connectivity index (χ2n) is 7.22. The quantitative estimate of drug-likeness (QED) is 0.590. The third-order valence-electron chi connectivity index (χ3n) is 5.19. The molecule has 152 valence electrons. The van der Waals surface area contributed by atoms with Gasteiger partial charge in [-0.15, -0.1) is 0 Å². The summed E-state index contributed by atoms with van der Waals surface area (Å²) in [6.07, 6.45) is 8.19. The minimum atomic E-state index is -0.335. The molecular weight excluding hydrogens is 368 g/mol. The van der Waals surface area contributed by atoms with E-state index in [9.17, 15) is 4.79 Å². The van der Waals surface area contributed by atoms with Gasteiger partial charge in [0.2, 0.25) is 0 Å². The van der Waals surface area contributed by atoms with Crippen LogP contribution in [-0.2, 0) is 37.2 Å². The molecule has 0 atom stereocenters. The minimum Gasteiger partial charge on any atom is -0.461 e. The van der Waals surface area contributed by atoms with E-state index in [1.54, 1.807) is 12.4 Å². The largest absolute Gasteiger partial charge is 0.461 e. The monoisotopic (exact) mass is 394 g/mol. The fraction of sp³-hybridized carbons (Fsp3) is 0.429. The lowest BCUT2D eigenvalue weighted by Gasteiger charge is -2.27. The Morgan fingerprint density at radius 3 is 3.00 bits per heavy atom. The van der Waals surface area contributed by atoms with Crippen LogP contribution in [0.1, 0.15) is 46.3 Å². The van der Waals surface area contributed by atoms with Crippen molar-refractivity contribution in [2.45, 2.75) is 45.8 Å². The molecule has 0 spiro atoms. The fourth-order valence-electron chi connectivity index (χ4n) is 3.82. The van der Waals surface area contributed by atoms with E-state index in [2.05, 4.69) is 31.2 Å². The van der Waals surface area contributed by atoms with Crippen LogP contribution < -0.4 is 0 Å². The number of rotatable bonds is 8. The lowest BCUT2D eigenvalue weighted by molar-refractivity contribution is 0.0515. The van der Waals surface area contributed by atoms with Gasteiger partial charge in [-0.25, -0.2) is 4.79 Å². The van der Waals surface area contributed by atoms with E-state index in [0.717, 1.165) is 55.8 Å². The Morgan fingerprint density at radius 2 is 2.24 bits per heavy atom. The third-order valence-corrected chi connectivity index (χ3v) is 5.19. The van der Waals surface area contributed by atoms with E-state index in [1.807, 2.05) is 29.9 Å². The molecule has 29 heavy (non-hydrogen) atoms. The molecule has 0 unspecified atom stereocenters. The van der Waals surface area contributed by atoms with Crippen molar-refractivity contribution in [2.75, 3.05) is 13.2 Å². The Kier molecular flexibility index (Phi) is 6.00. The van der Waals surface area contributed by atoms with Gasteiger partial charge in [0, 0.05) is 68.1 Å². The highest BCUT2D eigenvalue weighted by molar-refractivity contribution is 5.89. The molecule has 0 fully saturated rings. The number of pyridine rings is 1. The summed E-state index contributed by atoms with van der Waals surface area (Å²) in [5.41, 5.74) is 4.88. The summed E-state index contributed by atoms with van der Waals surface area (Å²) in [7, 11) is 0. The number of aryl methyl sites for hydroxylation is 2. The standard InChI is InChI=1S/C21H26N6O2/c1-2-29-21(28)20-18-15-26(14-17-7-10-23-24-17)12-8-19(18)27(25-20)11-4-6-16-5-3-9-22-13-16/h3,5,7,9-10,13H,2,4,6,8,11-12,14-15H2,1H3,(H,23,24). The highest BCUT2D eigenvalue weighted by Gasteiger charge is 2.28. The molecule has 0 saturated carbocycles. The first-order chi connectivity index (χ1) is 14.2. The number of ether oxygens (including phenoxy) is 1. The fourth-order valence-corrected chi connectivity index (χ4v) is 3.82. The zero-order valence-electron chi connectivity index (χ0n) is 16.7. The summed E-state index contributed by atoms with van der Waals surface area (Å²) in [6, 6.07) is 6.02. The summed E-state index contributed by atoms with van der Waals surface area (Å²) in [6.45, 7) is 5.32. The van der Waals surface area contributed by atoms with Crippen LogP contribution >= 0.6 is 0 Å². The first kappa shape index (κ1) is 19.3. The Morgan fingerprint density at radius 1 is 1.31 bits per heavy atom. The van der Waals surface area contributed by atoms with E-state index < -0.39 is 0 Å². The first-order valence-electron chi connectivity index (χ1n) is 10.1. The second kappa shape index (κ2) is 9.00. The Hall–Kier alpha value is -3.00. The van der Waals surface area contributed by atoms with Crippen molar-refractivity contribution in [3.05, 3.63) is 65.0 Å². The maximum Gasteiger partial charge on any atom is 0.359 e. The molecule has 1 aliphatic rings. The van der Waals surface area contributed by atoms with E-state index in [0.29, 0.717) is 18.8 Å². The van der Waals surface area contributed by atoms with Crippen LogP contribution in [0.2, 0.25) is 0 Å². The Labute approximate surface area is 169 Å². The minimum absolute atomic E-state index is 0.335. The van der Waals surface area contributed by atoms with E-state index in [4.69, 9.17) is 4.74 Å². The molecule has 3 aromatic rings. The normalized spacial score (nSPS) is 14.0. The first-order valence-corrected chi connectivity index (χ1v) is 10.1. The maximum atomic E-state index is 12.5. The molecule has 0 saturated heterocycles. The predicted molar refractivity (Wildman–Crippen MR) is 107 cm³/mol. The van der Waals surface area contributed by atoms with Gasteiger partial charge < -0.3 is 4.74 Å². The van der Waals surface area contributed by atoms with Crippen molar-refractivity contribution in [1.29, 1.82) is 0 Å². The van der Waals surface area contributed by atoms with E-state index in [1.165, 1.54) is 5.56 Å². The summed E-state index contributed by atoms with van der Waals surface area (Å²) < 4.78 is 7.27. The topological polar surface area (TPSA) is 88.9 Å². The number of hydrogen-bond donors (Lipinski definition) is 1. The molecule has 0 aromatic carbocycles. The zero-order chi connectivity index (χ0) is 20.1. The number of hydrogen-bond acceptors (Lipinski definition) is 6. The van der Waals surface area contributed by atoms with Crippen molar-refractivity contribution >= 4 is 5.97 Å².